The topological polar surface area (TPSA) is 44.8 Å². The largest absolute Gasteiger partial charge is 0.494 e. The van der Waals surface area contributed by atoms with Crippen LogP contribution in [0.3, 0.4) is 0 Å². The van der Waals surface area contributed by atoms with Crippen LogP contribution in [0, 0.1) is 11.7 Å². The van der Waals surface area contributed by atoms with Crippen LogP contribution in [0.5, 0.6) is 5.75 Å². The lowest BCUT2D eigenvalue weighted by atomic mass is 10.1. The number of halogens is 1. The Bertz CT molecular complexity index is 538. The molecule has 2 aliphatic rings. The van der Waals surface area contributed by atoms with Gasteiger partial charge in [-0.1, -0.05) is 0 Å². The minimum absolute atomic E-state index is 0.131. The van der Waals surface area contributed by atoms with Gasteiger partial charge in [0.15, 0.2) is 0 Å². The van der Waals surface area contributed by atoms with Crippen molar-refractivity contribution in [1.82, 2.24) is 10.2 Å². The van der Waals surface area contributed by atoms with E-state index in [-0.39, 0.29) is 17.6 Å². The van der Waals surface area contributed by atoms with E-state index in [4.69, 9.17) is 4.74 Å². The van der Waals surface area contributed by atoms with E-state index in [1.54, 1.807) is 13.2 Å². The number of nitrogens with zero attached hydrogens (tertiary/aromatic N) is 2. The van der Waals surface area contributed by atoms with Crippen molar-refractivity contribution in [3.05, 3.63) is 24.0 Å². The van der Waals surface area contributed by atoms with Crippen molar-refractivity contribution < 1.29 is 13.9 Å². The standard InChI is InChI=1S/C16H22FN3O2/c1-22-15-10-13(17)2-3-14(15)19-6-8-20(9-7-19)16(21)12-4-5-18-11-12/h2-3,10,12,18H,4-9,11H2,1H3/t12-/m1/s1. The fourth-order valence-corrected chi connectivity index (χ4v) is 3.20. The van der Waals surface area contributed by atoms with Gasteiger partial charge in [0.05, 0.1) is 18.7 Å². The van der Waals surface area contributed by atoms with Crippen molar-refractivity contribution in [2.75, 3.05) is 51.3 Å². The van der Waals surface area contributed by atoms with Crippen molar-refractivity contribution in [3.63, 3.8) is 0 Å². The van der Waals surface area contributed by atoms with Gasteiger partial charge in [-0.05, 0) is 25.1 Å². The lowest BCUT2D eigenvalue weighted by Crippen LogP contribution is -2.50. The minimum Gasteiger partial charge on any atom is -0.494 e. The number of methoxy groups -OCH3 is 1. The van der Waals surface area contributed by atoms with Crippen LogP contribution in [0.2, 0.25) is 0 Å². The first-order valence-corrected chi connectivity index (χ1v) is 7.77. The zero-order chi connectivity index (χ0) is 15.5. The first-order valence-electron chi connectivity index (χ1n) is 7.77. The third kappa shape index (κ3) is 3.02. The van der Waals surface area contributed by atoms with Crippen LogP contribution in [0.1, 0.15) is 6.42 Å². The van der Waals surface area contributed by atoms with Crippen molar-refractivity contribution >= 4 is 11.6 Å². The van der Waals surface area contributed by atoms with Crippen LogP contribution in [0.4, 0.5) is 10.1 Å². The number of amides is 1. The molecule has 1 amide bonds. The van der Waals surface area contributed by atoms with Gasteiger partial charge < -0.3 is 19.9 Å². The zero-order valence-corrected chi connectivity index (χ0v) is 12.8. The first-order chi connectivity index (χ1) is 10.7. The first kappa shape index (κ1) is 15.1. The number of carbonyl (C=O) groups is 1. The van der Waals surface area contributed by atoms with Crippen molar-refractivity contribution in [3.8, 4) is 5.75 Å². The maximum Gasteiger partial charge on any atom is 0.227 e. The van der Waals surface area contributed by atoms with Crippen LogP contribution in [-0.4, -0.2) is 57.2 Å². The summed E-state index contributed by atoms with van der Waals surface area (Å²) in [6, 6.07) is 4.59. The van der Waals surface area contributed by atoms with Gasteiger partial charge in [-0.3, -0.25) is 4.79 Å². The molecule has 0 bridgehead atoms. The van der Waals surface area contributed by atoms with E-state index in [0.717, 1.165) is 38.3 Å². The molecule has 0 spiro atoms. The molecule has 120 valence electrons. The molecule has 6 heteroatoms. The Balaban J connectivity index is 1.63. The summed E-state index contributed by atoms with van der Waals surface area (Å²) in [5.74, 6) is 0.630. The average molecular weight is 307 g/mol. The Morgan fingerprint density at radius 1 is 1.32 bits per heavy atom. The third-order valence-electron chi connectivity index (χ3n) is 4.48. The molecular formula is C16H22FN3O2. The van der Waals surface area contributed by atoms with Gasteiger partial charge >= 0.3 is 0 Å². The Morgan fingerprint density at radius 3 is 2.73 bits per heavy atom. The molecule has 0 aromatic heterocycles. The molecule has 1 aromatic rings. The van der Waals surface area contributed by atoms with Crippen LogP contribution in [0.25, 0.3) is 0 Å². The Labute approximate surface area is 130 Å². The SMILES string of the molecule is COc1cc(F)ccc1N1CCN(C(=O)[C@@H]2CCNC2)CC1. The summed E-state index contributed by atoms with van der Waals surface area (Å²) in [6.07, 6.45) is 0.935. The van der Waals surface area contributed by atoms with Gasteiger partial charge in [-0.25, -0.2) is 4.39 Å². The van der Waals surface area contributed by atoms with Gasteiger partial charge in [0.25, 0.3) is 0 Å². The highest BCUT2D eigenvalue weighted by Gasteiger charge is 2.29. The normalized spacial score (nSPS) is 22.0. The second-order valence-electron chi connectivity index (χ2n) is 5.82. The highest BCUT2D eigenvalue weighted by Crippen LogP contribution is 2.30. The van der Waals surface area contributed by atoms with Crippen molar-refractivity contribution in [2.45, 2.75) is 6.42 Å². The zero-order valence-electron chi connectivity index (χ0n) is 12.8. The molecule has 2 heterocycles. The molecule has 1 N–H and O–H groups in total. The summed E-state index contributed by atoms with van der Waals surface area (Å²) in [4.78, 5) is 16.5. The van der Waals surface area contributed by atoms with Gasteiger partial charge in [0.2, 0.25) is 5.91 Å². The number of piperazine rings is 1. The summed E-state index contributed by atoms with van der Waals surface area (Å²) in [7, 11) is 1.55. The molecule has 5 nitrogen and oxygen atoms in total. The Hall–Kier alpha value is -1.82. The summed E-state index contributed by atoms with van der Waals surface area (Å²) in [5.41, 5.74) is 0.888. The molecule has 2 saturated heterocycles. The number of rotatable bonds is 3. The monoisotopic (exact) mass is 307 g/mol. The molecule has 2 aliphatic heterocycles. The van der Waals surface area contributed by atoms with Crippen LogP contribution in [-0.2, 0) is 4.79 Å². The van der Waals surface area contributed by atoms with E-state index in [2.05, 4.69) is 10.2 Å². The smallest absolute Gasteiger partial charge is 0.227 e. The number of anilines is 1. The molecule has 1 aromatic carbocycles. The Morgan fingerprint density at radius 2 is 2.09 bits per heavy atom. The number of carbonyl (C=O) groups excluding carboxylic acids is 1. The summed E-state index contributed by atoms with van der Waals surface area (Å²) in [5, 5.41) is 3.24. The molecule has 3 rings (SSSR count). The molecular weight excluding hydrogens is 285 g/mol. The number of nitrogens with one attached hydrogen (secondary N) is 1. The van der Waals surface area contributed by atoms with Gasteiger partial charge in [-0.2, -0.15) is 0 Å². The lowest BCUT2D eigenvalue weighted by Gasteiger charge is -2.37. The molecule has 0 aliphatic carbocycles. The van der Waals surface area contributed by atoms with Crippen LogP contribution >= 0.6 is 0 Å². The summed E-state index contributed by atoms with van der Waals surface area (Å²) >= 11 is 0. The van der Waals surface area contributed by atoms with Gasteiger partial charge in [-0.15, -0.1) is 0 Å². The summed E-state index contributed by atoms with van der Waals surface area (Å²) in [6.45, 7) is 4.63. The number of hydrogen-bond donors (Lipinski definition) is 1. The second kappa shape index (κ2) is 6.52. The van der Waals surface area contributed by atoms with E-state index in [1.807, 2.05) is 4.90 Å². The molecule has 0 unspecified atom stereocenters. The predicted molar refractivity (Wildman–Crippen MR) is 82.7 cm³/mol. The molecule has 0 saturated carbocycles. The van der Waals surface area contributed by atoms with E-state index < -0.39 is 0 Å². The van der Waals surface area contributed by atoms with E-state index >= 15 is 0 Å². The summed E-state index contributed by atoms with van der Waals surface area (Å²) < 4.78 is 18.5. The number of hydrogen-bond acceptors (Lipinski definition) is 4. The number of benzene rings is 1. The van der Waals surface area contributed by atoms with E-state index in [0.29, 0.717) is 18.8 Å². The molecule has 2 fully saturated rings. The van der Waals surface area contributed by atoms with Crippen molar-refractivity contribution in [1.29, 1.82) is 0 Å². The van der Waals surface area contributed by atoms with E-state index in [9.17, 15) is 9.18 Å². The fraction of sp³-hybridized carbons (Fsp3) is 0.562. The quantitative estimate of drug-likeness (QED) is 0.908. The highest BCUT2D eigenvalue weighted by atomic mass is 19.1. The average Bonchev–Trinajstić information content (AvgIpc) is 3.08. The number of ether oxygens (including phenoxy) is 1. The maximum absolute atomic E-state index is 13.3. The van der Waals surface area contributed by atoms with Crippen LogP contribution < -0.4 is 15.0 Å². The maximum atomic E-state index is 13.3. The predicted octanol–water partition coefficient (Wildman–Crippen LogP) is 1.09. The molecule has 0 radical (unpaired) electrons. The molecule has 1 atom stereocenters. The van der Waals surface area contributed by atoms with Gasteiger partial charge in [0.1, 0.15) is 11.6 Å². The second-order valence-corrected chi connectivity index (χ2v) is 5.82. The Kier molecular flexibility index (Phi) is 4.47. The third-order valence-corrected chi connectivity index (χ3v) is 4.48. The highest BCUT2D eigenvalue weighted by molar-refractivity contribution is 5.79. The molecule has 22 heavy (non-hydrogen) atoms. The van der Waals surface area contributed by atoms with Crippen LogP contribution in [0.15, 0.2) is 18.2 Å². The van der Waals surface area contributed by atoms with Gasteiger partial charge in [0, 0.05) is 38.8 Å². The van der Waals surface area contributed by atoms with E-state index in [1.165, 1.54) is 12.1 Å². The van der Waals surface area contributed by atoms with Crippen molar-refractivity contribution in [2.24, 2.45) is 5.92 Å². The lowest BCUT2D eigenvalue weighted by molar-refractivity contribution is -0.135. The minimum atomic E-state index is -0.303. The fourth-order valence-electron chi connectivity index (χ4n) is 3.20.